The first kappa shape index (κ1) is 20.8. The minimum absolute atomic E-state index is 0.155. The molecule has 0 radical (unpaired) electrons. The molecule has 27 heavy (non-hydrogen) atoms. The smallest absolute Gasteiger partial charge is 0.339 e. The summed E-state index contributed by atoms with van der Waals surface area (Å²) in [6.45, 7) is 3.88. The topological polar surface area (TPSA) is 66.5 Å². The summed E-state index contributed by atoms with van der Waals surface area (Å²) in [7, 11) is -4.08. The van der Waals surface area contributed by atoms with Gasteiger partial charge in [-0.2, -0.15) is 13.2 Å². The van der Waals surface area contributed by atoms with E-state index in [1.165, 1.54) is 17.9 Å². The summed E-state index contributed by atoms with van der Waals surface area (Å²) in [6.07, 6.45) is -4.54. The number of carbonyl (C=O) groups excluding carboxylic acids is 1. The van der Waals surface area contributed by atoms with Gasteiger partial charge in [-0.3, -0.25) is 9.52 Å². The van der Waals surface area contributed by atoms with Crippen LogP contribution in [0.2, 0.25) is 0 Å². The van der Waals surface area contributed by atoms with Crippen molar-refractivity contribution >= 4 is 21.6 Å². The molecule has 146 valence electrons. The third kappa shape index (κ3) is 5.22. The molecule has 0 saturated carbocycles. The lowest BCUT2D eigenvalue weighted by Crippen LogP contribution is -2.28. The van der Waals surface area contributed by atoms with Gasteiger partial charge in [0, 0.05) is 20.0 Å². The molecular formula is C18H19F3N2O3S. The second kappa shape index (κ2) is 7.99. The maximum absolute atomic E-state index is 12.6. The monoisotopic (exact) mass is 400 g/mol. The first-order valence-corrected chi connectivity index (χ1v) is 9.56. The van der Waals surface area contributed by atoms with E-state index in [0.29, 0.717) is 12.1 Å². The van der Waals surface area contributed by atoms with Crippen LogP contribution in [0.4, 0.5) is 18.9 Å². The van der Waals surface area contributed by atoms with Crippen molar-refractivity contribution in [1.29, 1.82) is 0 Å². The van der Waals surface area contributed by atoms with Gasteiger partial charge in [-0.1, -0.05) is 18.2 Å². The van der Waals surface area contributed by atoms with Gasteiger partial charge < -0.3 is 4.90 Å². The first-order valence-electron chi connectivity index (χ1n) is 8.08. The van der Waals surface area contributed by atoms with Crippen LogP contribution in [-0.2, 0) is 27.5 Å². The molecule has 2 aromatic carbocycles. The van der Waals surface area contributed by atoms with Gasteiger partial charge in [-0.15, -0.1) is 0 Å². The van der Waals surface area contributed by atoms with E-state index in [2.05, 4.69) is 4.72 Å². The fourth-order valence-electron chi connectivity index (χ4n) is 2.44. The summed E-state index contributed by atoms with van der Waals surface area (Å²) in [5, 5.41) is 0. The van der Waals surface area contributed by atoms with E-state index in [-0.39, 0.29) is 23.0 Å². The van der Waals surface area contributed by atoms with E-state index < -0.39 is 21.8 Å². The molecule has 0 aliphatic heterocycles. The molecule has 0 aliphatic carbocycles. The highest BCUT2D eigenvalue weighted by Gasteiger charge is 2.30. The highest BCUT2D eigenvalue weighted by molar-refractivity contribution is 7.92. The SMILES string of the molecule is CCN(Cc1ccccc1NS(=O)(=O)c1ccc(C(F)(F)F)cc1)C(C)=O. The van der Waals surface area contributed by atoms with Gasteiger partial charge in [0.15, 0.2) is 0 Å². The molecule has 0 atom stereocenters. The van der Waals surface area contributed by atoms with Gasteiger partial charge >= 0.3 is 6.18 Å². The van der Waals surface area contributed by atoms with Crippen LogP contribution in [0.15, 0.2) is 53.4 Å². The zero-order chi connectivity index (χ0) is 20.2. The lowest BCUT2D eigenvalue weighted by molar-refractivity contribution is -0.137. The van der Waals surface area contributed by atoms with E-state index in [1.807, 2.05) is 0 Å². The number of alkyl halides is 3. The summed E-state index contributed by atoms with van der Waals surface area (Å²) in [5.74, 6) is -0.155. The van der Waals surface area contributed by atoms with Crippen molar-refractivity contribution in [2.24, 2.45) is 0 Å². The van der Waals surface area contributed by atoms with Crippen molar-refractivity contribution < 1.29 is 26.4 Å². The zero-order valence-electron chi connectivity index (χ0n) is 14.7. The Balaban J connectivity index is 2.29. The second-order valence-electron chi connectivity index (χ2n) is 5.82. The Morgan fingerprint density at radius 3 is 2.19 bits per heavy atom. The predicted molar refractivity (Wildman–Crippen MR) is 95.5 cm³/mol. The largest absolute Gasteiger partial charge is 0.416 e. The van der Waals surface area contributed by atoms with Crippen LogP contribution in [0.5, 0.6) is 0 Å². The van der Waals surface area contributed by atoms with E-state index in [9.17, 15) is 26.4 Å². The fraction of sp³-hybridized carbons (Fsp3) is 0.278. The number of anilines is 1. The molecule has 0 saturated heterocycles. The Kier molecular flexibility index (Phi) is 6.15. The second-order valence-corrected chi connectivity index (χ2v) is 7.50. The lowest BCUT2D eigenvalue weighted by Gasteiger charge is -2.21. The van der Waals surface area contributed by atoms with Crippen LogP contribution in [0, 0.1) is 0 Å². The van der Waals surface area contributed by atoms with Gasteiger partial charge in [-0.05, 0) is 42.8 Å². The van der Waals surface area contributed by atoms with Gasteiger partial charge in [-0.25, -0.2) is 8.42 Å². The number of hydrogen-bond acceptors (Lipinski definition) is 3. The van der Waals surface area contributed by atoms with Crippen LogP contribution in [0.1, 0.15) is 25.0 Å². The van der Waals surface area contributed by atoms with Crippen LogP contribution in [0.3, 0.4) is 0 Å². The first-order chi connectivity index (χ1) is 12.5. The number of hydrogen-bond donors (Lipinski definition) is 1. The number of nitrogens with zero attached hydrogens (tertiary/aromatic N) is 1. The van der Waals surface area contributed by atoms with E-state index >= 15 is 0 Å². The van der Waals surface area contributed by atoms with E-state index in [0.717, 1.165) is 24.3 Å². The molecule has 0 fully saturated rings. The zero-order valence-corrected chi connectivity index (χ0v) is 15.6. The van der Waals surface area contributed by atoms with Crippen molar-refractivity contribution in [2.75, 3.05) is 11.3 Å². The lowest BCUT2D eigenvalue weighted by atomic mass is 10.1. The molecule has 0 bridgehead atoms. The van der Waals surface area contributed by atoms with Crippen LogP contribution < -0.4 is 4.72 Å². The Bertz CT molecular complexity index is 910. The van der Waals surface area contributed by atoms with E-state index in [4.69, 9.17) is 0 Å². The van der Waals surface area contributed by atoms with Crippen molar-refractivity contribution in [3.63, 3.8) is 0 Å². The number of amides is 1. The molecule has 5 nitrogen and oxygen atoms in total. The van der Waals surface area contributed by atoms with Gasteiger partial charge in [0.1, 0.15) is 0 Å². The van der Waals surface area contributed by atoms with Gasteiger partial charge in [0.25, 0.3) is 10.0 Å². The summed E-state index contributed by atoms with van der Waals surface area (Å²) < 4.78 is 65.4. The molecule has 9 heteroatoms. The fourth-order valence-corrected chi connectivity index (χ4v) is 3.54. The number of sulfonamides is 1. The summed E-state index contributed by atoms with van der Waals surface area (Å²) in [4.78, 5) is 12.9. The van der Waals surface area contributed by atoms with Crippen molar-refractivity contribution in [2.45, 2.75) is 31.5 Å². The maximum atomic E-state index is 12.6. The minimum atomic E-state index is -4.54. The van der Waals surface area contributed by atoms with Crippen molar-refractivity contribution in [3.8, 4) is 0 Å². The van der Waals surface area contributed by atoms with Crippen LogP contribution in [-0.4, -0.2) is 25.8 Å². The minimum Gasteiger partial charge on any atom is -0.339 e. The molecule has 0 unspecified atom stereocenters. The quantitative estimate of drug-likeness (QED) is 0.800. The maximum Gasteiger partial charge on any atom is 0.416 e. The molecule has 1 amide bonds. The van der Waals surface area contributed by atoms with Gasteiger partial charge in [0.2, 0.25) is 5.91 Å². The molecule has 0 aliphatic rings. The van der Waals surface area contributed by atoms with E-state index in [1.54, 1.807) is 25.1 Å². The Morgan fingerprint density at radius 2 is 1.67 bits per heavy atom. The average Bonchev–Trinajstić information content (AvgIpc) is 2.59. The highest BCUT2D eigenvalue weighted by Crippen LogP contribution is 2.30. The molecule has 0 aromatic heterocycles. The average molecular weight is 400 g/mol. The number of carbonyl (C=O) groups is 1. The Morgan fingerprint density at radius 1 is 1.07 bits per heavy atom. The molecule has 2 aromatic rings. The molecule has 2 rings (SSSR count). The third-order valence-electron chi connectivity index (χ3n) is 3.94. The van der Waals surface area contributed by atoms with Crippen LogP contribution >= 0.6 is 0 Å². The number of para-hydroxylation sites is 1. The normalized spacial score (nSPS) is 11.9. The number of nitrogens with one attached hydrogen (secondary N) is 1. The Hall–Kier alpha value is -2.55. The number of rotatable bonds is 6. The standard InChI is InChI=1S/C18H19F3N2O3S/c1-3-23(13(2)24)12-14-6-4-5-7-17(14)22-27(25,26)16-10-8-15(9-11-16)18(19,20)21/h4-11,22H,3,12H2,1-2H3. The van der Waals surface area contributed by atoms with Gasteiger partial charge in [0.05, 0.1) is 16.1 Å². The van der Waals surface area contributed by atoms with Crippen molar-refractivity contribution in [1.82, 2.24) is 4.90 Å². The molecule has 0 spiro atoms. The number of benzene rings is 2. The summed E-state index contributed by atoms with van der Waals surface area (Å²) in [5.41, 5.74) is -0.0935. The molecular weight excluding hydrogens is 381 g/mol. The van der Waals surface area contributed by atoms with Crippen molar-refractivity contribution in [3.05, 3.63) is 59.7 Å². The van der Waals surface area contributed by atoms with Crippen LogP contribution in [0.25, 0.3) is 0 Å². The summed E-state index contributed by atoms with van der Waals surface area (Å²) in [6, 6.07) is 9.78. The number of halogens is 3. The highest BCUT2D eigenvalue weighted by atomic mass is 32.2. The summed E-state index contributed by atoms with van der Waals surface area (Å²) >= 11 is 0. The predicted octanol–water partition coefficient (Wildman–Crippen LogP) is 3.87. The molecule has 0 heterocycles. The molecule has 1 N–H and O–H groups in total. The third-order valence-corrected chi connectivity index (χ3v) is 5.32. The Labute approximate surface area is 155 Å².